The van der Waals surface area contributed by atoms with Crippen LogP contribution >= 0.6 is 0 Å². The number of aryl methyl sites for hydroxylation is 2. The summed E-state index contributed by atoms with van der Waals surface area (Å²) >= 11 is 0. The van der Waals surface area contributed by atoms with Gasteiger partial charge in [0.2, 0.25) is 5.95 Å². The fourth-order valence-corrected chi connectivity index (χ4v) is 2.43. The molecule has 0 aliphatic rings. The second kappa shape index (κ2) is 9.43. The number of hydrogen-bond acceptors (Lipinski definition) is 4. The van der Waals surface area contributed by atoms with Crippen molar-refractivity contribution in [1.29, 1.82) is 0 Å². The highest BCUT2D eigenvalue weighted by Gasteiger charge is 2.06. The molecule has 2 aromatic rings. The molecule has 5 nitrogen and oxygen atoms in total. The lowest BCUT2D eigenvalue weighted by molar-refractivity contribution is 0.128. The van der Waals surface area contributed by atoms with Crippen LogP contribution in [0.15, 0.2) is 24.4 Å². The van der Waals surface area contributed by atoms with Gasteiger partial charge in [0, 0.05) is 43.0 Å². The van der Waals surface area contributed by atoms with Gasteiger partial charge in [-0.15, -0.1) is 0 Å². The van der Waals surface area contributed by atoms with Crippen molar-refractivity contribution in [2.45, 2.75) is 46.6 Å². The first-order valence-electron chi connectivity index (χ1n) is 8.48. The van der Waals surface area contributed by atoms with Crippen LogP contribution in [0.25, 0.3) is 5.95 Å². The molecule has 23 heavy (non-hydrogen) atoms. The number of nitrogens with zero attached hydrogens (tertiary/aromatic N) is 3. The Morgan fingerprint density at radius 1 is 1.13 bits per heavy atom. The van der Waals surface area contributed by atoms with Crippen molar-refractivity contribution in [3.63, 3.8) is 0 Å². The predicted molar refractivity (Wildman–Crippen MR) is 92.9 cm³/mol. The topological polar surface area (TPSA) is 52.0 Å². The Hall–Kier alpha value is -1.72. The molecule has 126 valence electrons. The van der Waals surface area contributed by atoms with E-state index in [2.05, 4.69) is 28.3 Å². The fraction of sp³-hybridized carbons (Fsp3) is 0.556. The Kier molecular flexibility index (Phi) is 7.23. The molecule has 0 fully saturated rings. The molecule has 0 aliphatic heterocycles. The summed E-state index contributed by atoms with van der Waals surface area (Å²) in [5, 5.41) is 3.46. The Balaban J connectivity index is 1.80. The van der Waals surface area contributed by atoms with Crippen molar-refractivity contribution in [2.75, 3.05) is 19.8 Å². The molecule has 0 aliphatic carbocycles. The summed E-state index contributed by atoms with van der Waals surface area (Å²) in [6.07, 6.45) is 5.39. The molecule has 1 N–H and O–H groups in total. The lowest BCUT2D eigenvalue weighted by Gasteiger charge is -2.10. The molecule has 0 amide bonds. The van der Waals surface area contributed by atoms with E-state index < -0.39 is 0 Å². The lowest BCUT2D eigenvalue weighted by atomic mass is 10.3. The zero-order valence-corrected chi connectivity index (χ0v) is 14.5. The number of nitrogens with one attached hydrogen (secondary N) is 1. The Morgan fingerprint density at radius 3 is 2.61 bits per heavy atom. The number of aromatic nitrogens is 3. The molecule has 0 spiro atoms. The molecule has 5 heteroatoms. The van der Waals surface area contributed by atoms with Crippen molar-refractivity contribution in [3.8, 4) is 5.95 Å². The molecule has 0 unspecified atom stereocenters. The van der Waals surface area contributed by atoms with Crippen LogP contribution in [0, 0.1) is 13.8 Å². The fourth-order valence-electron chi connectivity index (χ4n) is 2.43. The van der Waals surface area contributed by atoms with Crippen molar-refractivity contribution in [1.82, 2.24) is 19.9 Å². The molecule has 0 saturated heterocycles. The van der Waals surface area contributed by atoms with E-state index >= 15 is 0 Å². The van der Waals surface area contributed by atoms with Crippen LogP contribution in [0.4, 0.5) is 0 Å². The number of ether oxygens (including phenoxy) is 1. The van der Waals surface area contributed by atoms with Gasteiger partial charge in [-0.05, 0) is 51.4 Å². The van der Waals surface area contributed by atoms with E-state index in [4.69, 9.17) is 4.74 Å². The van der Waals surface area contributed by atoms with E-state index in [0.717, 1.165) is 56.5 Å². The van der Waals surface area contributed by atoms with Crippen LogP contribution in [-0.2, 0) is 11.3 Å². The van der Waals surface area contributed by atoms with Crippen LogP contribution in [0.2, 0.25) is 0 Å². The van der Waals surface area contributed by atoms with Gasteiger partial charge in [0.25, 0.3) is 0 Å². The van der Waals surface area contributed by atoms with E-state index in [0.29, 0.717) is 0 Å². The van der Waals surface area contributed by atoms with Gasteiger partial charge in [-0.3, -0.25) is 4.57 Å². The summed E-state index contributed by atoms with van der Waals surface area (Å²) < 4.78 is 7.61. The van der Waals surface area contributed by atoms with E-state index in [-0.39, 0.29) is 0 Å². The average Bonchev–Trinajstić information content (AvgIpc) is 2.97. The minimum absolute atomic E-state index is 0.743. The van der Waals surface area contributed by atoms with E-state index in [1.165, 1.54) is 12.1 Å². The van der Waals surface area contributed by atoms with Crippen molar-refractivity contribution in [3.05, 3.63) is 41.5 Å². The molecule has 2 heterocycles. The monoisotopic (exact) mass is 316 g/mol. The lowest BCUT2D eigenvalue weighted by Crippen LogP contribution is -2.19. The van der Waals surface area contributed by atoms with E-state index in [1.54, 1.807) is 0 Å². The third-order valence-electron chi connectivity index (χ3n) is 3.61. The number of hydrogen-bond donors (Lipinski definition) is 1. The van der Waals surface area contributed by atoms with Gasteiger partial charge >= 0.3 is 0 Å². The minimum atomic E-state index is 0.743. The normalized spacial score (nSPS) is 11.1. The molecule has 0 saturated carbocycles. The zero-order chi connectivity index (χ0) is 16.5. The number of unbranched alkanes of at least 4 members (excludes halogenated alkanes) is 1. The largest absolute Gasteiger partial charge is 0.381 e. The van der Waals surface area contributed by atoms with Crippen LogP contribution < -0.4 is 5.32 Å². The summed E-state index contributed by atoms with van der Waals surface area (Å²) in [6.45, 7) is 9.64. The first-order valence-corrected chi connectivity index (χ1v) is 8.48. The van der Waals surface area contributed by atoms with Crippen molar-refractivity contribution >= 4 is 0 Å². The van der Waals surface area contributed by atoms with Gasteiger partial charge in [0.1, 0.15) is 0 Å². The molecular formula is C18H28N4O. The first kappa shape index (κ1) is 17.6. The summed E-state index contributed by atoms with van der Waals surface area (Å²) in [4.78, 5) is 9.05. The van der Waals surface area contributed by atoms with E-state index in [9.17, 15) is 0 Å². The highest BCUT2D eigenvalue weighted by molar-refractivity contribution is 5.24. The van der Waals surface area contributed by atoms with Crippen molar-refractivity contribution in [2.24, 2.45) is 0 Å². The molecule has 2 rings (SSSR count). The molecule has 0 bridgehead atoms. The second-order valence-electron chi connectivity index (χ2n) is 5.82. The van der Waals surface area contributed by atoms with Gasteiger partial charge in [0.15, 0.2) is 0 Å². The predicted octanol–water partition coefficient (Wildman–Crippen LogP) is 3.18. The Morgan fingerprint density at radius 2 is 1.87 bits per heavy atom. The maximum atomic E-state index is 5.57. The second-order valence-corrected chi connectivity index (χ2v) is 5.82. The Labute approximate surface area is 139 Å². The zero-order valence-electron chi connectivity index (χ0n) is 14.5. The highest BCUT2D eigenvalue weighted by Crippen LogP contribution is 2.10. The molecule has 0 atom stereocenters. The van der Waals surface area contributed by atoms with Crippen molar-refractivity contribution < 1.29 is 4.74 Å². The smallest absolute Gasteiger partial charge is 0.234 e. The number of rotatable bonds is 10. The quantitative estimate of drug-likeness (QED) is 0.684. The van der Waals surface area contributed by atoms with Gasteiger partial charge < -0.3 is 10.1 Å². The van der Waals surface area contributed by atoms with Gasteiger partial charge in [-0.1, -0.05) is 13.3 Å². The van der Waals surface area contributed by atoms with Gasteiger partial charge in [-0.25, -0.2) is 9.97 Å². The van der Waals surface area contributed by atoms with Crippen LogP contribution in [0.1, 0.15) is 43.3 Å². The summed E-state index contributed by atoms with van der Waals surface area (Å²) in [7, 11) is 0. The third kappa shape index (κ3) is 5.77. The molecule has 0 radical (unpaired) electrons. The standard InChI is InChI=1S/C18H28N4O/c1-4-5-11-23-12-7-9-19-14-17-8-6-10-22(17)18-20-15(2)13-16(3)21-18/h6,8,10,13,19H,4-5,7,9,11-12,14H2,1-3H3. The average molecular weight is 316 g/mol. The Bertz CT molecular complexity index is 574. The minimum Gasteiger partial charge on any atom is -0.381 e. The molecule has 2 aromatic heterocycles. The summed E-state index contributed by atoms with van der Waals surface area (Å²) in [5.41, 5.74) is 3.15. The van der Waals surface area contributed by atoms with Gasteiger partial charge in [-0.2, -0.15) is 0 Å². The van der Waals surface area contributed by atoms with Crippen LogP contribution in [0.3, 0.4) is 0 Å². The molecular weight excluding hydrogens is 288 g/mol. The first-order chi connectivity index (χ1) is 11.2. The third-order valence-corrected chi connectivity index (χ3v) is 3.61. The SMILES string of the molecule is CCCCOCCCNCc1cccn1-c1nc(C)cc(C)n1. The van der Waals surface area contributed by atoms with Gasteiger partial charge in [0.05, 0.1) is 0 Å². The van der Waals surface area contributed by atoms with Crippen LogP contribution in [0.5, 0.6) is 0 Å². The van der Waals surface area contributed by atoms with Crippen LogP contribution in [-0.4, -0.2) is 34.3 Å². The summed E-state index contributed by atoms with van der Waals surface area (Å²) in [6, 6.07) is 6.13. The maximum Gasteiger partial charge on any atom is 0.234 e. The highest BCUT2D eigenvalue weighted by atomic mass is 16.5. The molecule has 0 aromatic carbocycles. The summed E-state index contributed by atoms with van der Waals surface area (Å²) in [5.74, 6) is 0.743. The van der Waals surface area contributed by atoms with E-state index in [1.807, 2.05) is 36.7 Å². The maximum absolute atomic E-state index is 5.57.